The van der Waals surface area contributed by atoms with E-state index in [1.165, 1.54) is 18.2 Å². The van der Waals surface area contributed by atoms with E-state index in [1.807, 2.05) is 0 Å². The Bertz CT molecular complexity index is 1050. The van der Waals surface area contributed by atoms with Gasteiger partial charge in [0.15, 0.2) is 30.2 Å². The summed E-state index contributed by atoms with van der Waals surface area (Å²) in [4.78, 5) is 38.5. The number of carbonyl (C=O) groups is 2. The Hall–Kier alpha value is -2.65. The van der Waals surface area contributed by atoms with Gasteiger partial charge in [0.05, 0.1) is 25.7 Å². The summed E-state index contributed by atoms with van der Waals surface area (Å²) in [6.07, 6.45) is -3.71. The standard InChI is InChI=1S/C20H31FN7O8P/c1-5-32-17-14-16(26-19(22)27-17)28(9-23-14)18-20(4,21)15-11(35-18)8-33-37(31,25-7-13(30)36-15)24-6-12(29)34-10(2)3/h9-11,14-16,18H,5-8H2,1-4H3,(H2,22,26)(H2,24,25,31)/t11-,14?,15?,16?,18-,20?,37?/m1/s1. The van der Waals surface area contributed by atoms with Gasteiger partial charge in [-0.2, -0.15) is 4.99 Å². The normalized spacial score (nSPS) is 37.5. The van der Waals surface area contributed by atoms with E-state index < -0.39 is 75.6 Å². The number of halogens is 1. The summed E-state index contributed by atoms with van der Waals surface area (Å²) in [6, 6.07) is -0.666. The molecule has 2 saturated heterocycles. The number of esters is 2. The van der Waals surface area contributed by atoms with E-state index in [0.717, 1.165) is 0 Å². The third kappa shape index (κ3) is 5.77. The van der Waals surface area contributed by atoms with Crippen molar-refractivity contribution in [3.8, 4) is 0 Å². The largest absolute Gasteiger partial charge is 0.479 e. The molecule has 0 aliphatic carbocycles. The van der Waals surface area contributed by atoms with Crippen molar-refractivity contribution in [1.29, 1.82) is 0 Å². The molecule has 5 unspecified atom stereocenters. The van der Waals surface area contributed by atoms with Gasteiger partial charge in [0.25, 0.3) is 0 Å². The minimum Gasteiger partial charge on any atom is -0.479 e. The van der Waals surface area contributed by atoms with E-state index in [2.05, 4.69) is 25.2 Å². The molecule has 0 bridgehead atoms. The summed E-state index contributed by atoms with van der Waals surface area (Å²) >= 11 is 0. The second kappa shape index (κ2) is 10.6. The molecule has 2 fully saturated rings. The fraction of sp³-hybridized carbons (Fsp3) is 0.750. The van der Waals surface area contributed by atoms with Crippen molar-refractivity contribution >= 4 is 37.8 Å². The fourth-order valence-corrected chi connectivity index (χ4v) is 5.62. The van der Waals surface area contributed by atoms with E-state index in [9.17, 15) is 14.2 Å². The van der Waals surface area contributed by atoms with Gasteiger partial charge in [-0.1, -0.05) is 0 Å². The average Bonchev–Trinajstić information content (AvgIpc) is 3.34. The number of nitrogens with two attached hydrogens (primary N) is 1. The number of hydrogen-bond donors (Lipinski definition) is 3. The molecule has 17 heteroatoms. The van der Waals surface area contributed by atoms with Crippen LogP contribution in [-0.4, -0.2) is 104 Å². The van der Waals surface area contributed by atoms with Crippen LogP contribution in [0.3, 0.4) is 0 Å². The molecule has 206 valence electrons. The number of nitrogens with zero attached hydrogens (tertiary/aromatic N) is 4. The van der Waals surface area contributed by atoms with Crippen molar-refractivity contribution in [2.45, 2.75) is 70.1 Å². The van der Waals surface area contributed by atoms with Crippen molar-refractivity contribution < 1.29 is 42.0 Å². The number of guanidine groups is 1. The highest BCUT2D eigenvalue weighted by Gasteiger charge is 2.61. The van der Waals surface area contributed by atoms with Crippen LogP contribution < -0.4 is 15.9 Å². The lowest BCUT2D eigenvalue weighted by Crippen LogP contribution is -2.55. The molecule has 0 amide bonds. The lowest BCUT2D eigenvalue weighted by atomic mass is 9.97. The average molecular weight is 547 g/mol. The number of nitrogens with one attached hydrogen (secondary N) is 2. The second-order valence-electron chi connectivity index (χ2n) is 9.08. The Morgan fingerprint density at radius 1 is 1.49 bits per heavy atom. The van der Waals surface area contributed by atoms with Crippen LogP contribution in [0.1, 0.15) is 27.7 Å². The molecular formula is C20H31FN7O8P. The summed E-state index contributed by atoms with van der Waals surface area (Å²) in [7, 11) is -3.95. The zero-order chi connectivity index (χ0) is 27.0. The first-order valence-corrected chi connectivity index (χ1v) is 13.4. The van der Waals surface area contributed by atoms with Crippen LogP contribution in [-0.2, 0) is 37.6 Å². The highest BCUT2D eigenvalue weighted by atomic mass is 31.2. The maximum atomic E-state index is 16.3. The quantitative estimate of drug-likeness (QED) is 0.284. The number of fused-ring (bicyclic) bond motifs is 2. The second-order valence-corrected chi connectivity index (χ2v) is 11.1. The predicted octanol–water partition coefficient (Wildman–Crippen LogP) is -0.578. The van der Waals surface area contributed by atoms with Gasteiger partial charge >= 0.3 is 19.6 Å². The first-order valence-electron chi connectivity index (χ1n) is 11.8. The van der Waals surface area contributed by atoms with Crippen molar-refractivity contribution in [2.75, 3.05) is 26.3 Å². The van der Waals surface area contributed by atoms with Gasteiger partial charge in [0.1, 0.15) is 19.2 Å². The summed E-state index contributed by atoms with van der Waals surface area (Å²) in [5, 5.41) is 4.86. The number of hydrogen-bond acceptors (Lipinski definition) is 13. The molecule has 4 aliphatic rings. The predicted molar refractivity (Wildman–Crippen MR) is 127 cm³/mol. The van der Waals surface area contributed by atoms with Crippen molar-refractivity contribution in [2.24, 2.45) is 20.7 Å². The molecule has 4 heterocycles. The Morgan fingerprint density at radius 3 is 2.95 bits per heavy atom. The SMILES string of the molecule is CCOC1=NC(N)=NC2C1N=CN2[C@@H]1O[C@@H]2COP(=O)(NCC(=O)OC(C)C)NCC(=O)OC2C1(C)F. The number of alkyl halides is 1. The van der Waals surface area contributed by atoms with Crippen molar-refractivity contribution in [3.63, 3.8) is 0 Å². The fourth-order valence-electron chi connectivity index (χ4n) is 4.30. The Kier molecular flexibility index (Phi) is 7.85. The maximum absolute atomic E-state index is 16.3. The molecule has 4 N–H and O–H groups in total. The van der Waals surface area contributed by atoms with E-state index >= 15 is 4.39 Å². The number of aliphatic imine (C=N–C) groups is 3. The van der Waals surface area contributed by atoms with Gasteiger partial charge in [-0.05, 0) is 27.7 Å². The molecule has 0 saturated carbocycles. The minimum absolute atomic E-state index is 0.0647. The Morgan fingerprint density at radius 2 is 2.24 bits per heavy atom. The molecule has 4 aliphatic heterocycles. The van der Waals surface area contributed by atoms with Gasteiger partial charge in [-0.25, -0.2) is 19.6 Å². The number of ether oxygens (including phenoxy) is 4. The highest BCUT2D eigenvalue weighted by molar-refractivity contribution is 7.54. The molecule has 0 aromatic rings. The third-order valence-corrected chi connectivity index (χ3v) is 7.51. The Balaban J connectivity index is 1.51. The van der Waals surface area contributed by atoms with Crippen LogP contribution >= 0.6 is 7.67 Å². The molecule has 7 atom stereocenters. The maximum Gasteiger partial charge on any atom is 0.341 e. The summed E-state index contributed by atoms with van der Waals surface area (Å²) in [5.74, 6) is -1.39. The molecular weight excluding hydrogens is 516 g/mol. The molecule has 0 spiro atoms. The van der Waals surface area contributed by atoms with Gasteiger partial charge in [0.2, 0.25) is 11.9 Å². The molecule has 4 rings (SSSR count). The topological polar surface area (TPSA) is 188 Å². The highest BCUT2D eigenvalue weighted by Crippen LogP contribution is 2.44. The van der Waals surface area contributed by atoms with Crippen LogP contribution in [0.2, 0.25) is 0 Å². The van der Waals surface area contributed by atoms with Gasteiger partial charge < -0.3 is 34.1 Å². The smallest absolute Gasteiger partial charge is 0.341 e. The van der Waals surface area contributed by atoms with Gasteiger partial charge in [0, 0.05) is 0 Å². The van der Waals surface area contributed by atoms with Crippen LogP contribution in [0.15, 0.2) is 15.0 Å². The molecule has 0 radical (unpaired) electrons. The molecule has 0 aromatic carbocycles. The van der Waals surface area contributed by atoms with Gasteiger partial charge in [-0.3, -0.25) is 19.1 Å². The van der Waals surface area contributed by atoms with Crippen LogP contribution in [0, 0.1) is 0 Å². The summed E-state index contributed by atoms with van der Waals surface area (Å²) < 4.78 is 56.9. The summed E-state index contributed by atoms with van der Waals surface area (Å²) in [6.45, 7) is 5.19. The van der Waals surface area contributed by atoms with Gasteiger partial charge in [-0.15, -0.1) is 0 Å². The third-order valence-electron chi connectivity index (χ3n) is 5.84. The van der Waals surface area contributed by atoms with E-state index in [-0.39, 0.29) is 18.0 Å². The molecule has 15 nitrogen and oxygen atoms in total. The monoisotopic (exact) mass is 547 g/mol. The van der Waals surface area contributed by atoms with Crippen LogP contribution in [0.5, 0.6) is 0 Å². The van der Waals surface area contributed by atoms with Crippen LogP contribution in [0.25, 0.3) is 0 Å². The first-order chi connectivity index (χ1) is 17.4. The Labute approximate surface area is 212 Å². The molecule has 0 aromatic heterocycles. The van der Waals surface area contributed by atoms with E-state index in [0.29, 0.717) is 6.61 Å². The van der Waals surface area contributed by atoms with E-state index in [1.54, 1.807) is 20.8 Å². The minimum atomic E-state index is -3.95. The lowest BCUT2D eigenvalue weighted by molar-refractivity contribution is -0.156. The zero-order valence-electron chi connectivity index (χ0n) is 20.8. The number of rotatable bonds is 6. The lowest BCUT2D eigenvalue weighted by Gasteiger charge is -2.36. The van der Waals surface area contributed by atoms with Crippen molar-refractivity contribution in [3.05, 3.63) is 0 Å². The zero-order valence-corrected chi connectivity index (χ0v) is 21.7. The molecule has 37 heavy (non-hydrogen) atoms. The number of carbonyl (C=O) groups excluding carboxylic acids is 2. The summed E-state index contributed by atoms with van der Waals surface area (Å²) in [5.41, 5.74) is 3.57. The first kappa shape index (κ1) is 27.4. The van der Waals surface area contributed by atoms with E-state index in [4.69, 9.17) is 29.2 Å². The van der Waals surface area contributed by atoms with Crippen molar-refractivity contribution in [1.82, 2.24) is 15.1 Å². The van der Waals surface area contributed by atoms with Crippen LogP contribution in [0.4, 0.5) is 4.39 Å².